The first-order chi connectivity index (χ1) is 38.1. The molecule has 0 fully saturated rings. The summed E-state index contributed by atoms with van der Waals surface area (Å²) < 4.78 is 21.3. The zero-order chi connectivity index (χ0) is 58.2. The number of hydrogen-bond acceptors (Lipinski definition) is 14. The number of benzene rings is 6. The van der Waals surface area contributed by atoms with Crippen molar-refractivity contribution in [3.8, 4) is 0 Å². The van der Waals surface area contributed by atoms with E-state index in [1.54, 1.807) is 74.5 Å². The molecule has 2 unspecified atom stereocenters. The van der Waals surface area contributed by atoms with E-state index in [1.165, 1.54) is 81.6 Å². The van der Waals surface area contributed by atoms with E-state index in [0.717, 1.165) is 5.56 Å². The Balaban J connectivity index is 1.14. The van der Waals surface area contributed by atoms with Gasteiger partial charge in [0.15, 0.2) is 11.6 Å². The van der Waals surface area contributed by atoms with Crippen LogP contribution in [0.4, 0.5) is 17.1 Å². The number of carbonyl (C=O) groups is 10. The summed E-state index contributed by atoms with van der Waals surface area (Å²) in [6.45, 7) is 14.8. The first kappa shape index (κ1) is 59.1. The van der Waals surface area contributed by atoms with E-state index in [0.29, 0.717) is 28.1 Å². The van der Waals surface area contributed by atoms with Gasteiger partial charge >= 0.3 is 23.9 Å². The largest absolute Gasteiger partial charge is 0.462 e. The molecule has 18 nitrogen and oxygen atoms in total. The predicted octanol–water partition coefficient (Wildman–Crippen LogP) is 9.68. The SMILES string of the molecule is C=C(C)C(=O)OC(C)CCOC(=O)c1ccc(C(=O)c2ccc(C(=O)OCCC(C)OC(=O)C(=C)C)c(C(=O)Nc3ccc(C(=O)Nc4ccc(C(=O)c5ccc(NC(=O)c6ccc(C)cc6)cc5)cc4)cc3)c2)cc1C(=O)NC. The molecule has 0 saturated carbocycles. The fourth-order valence-corrected chi connectivity index (χ4v) is 7.47. The average molecular weight is 1080 g/mol. The summed E-state index contributed by atoms with van der Waals surface area (Å²) >= 11 is 0. The van der Waals surface area contributed by atoms with Crippen molar-refractivity contribution in [3.63, 3.8) is 0 Å². The number of carbonyl (C=O) groups excluding carboxylic acids is 10. The highest BCUT2D eigenvalue weighted by molar-refractivity contribution is 6.16. The second-order valence-electron chi connectivity index (χ2n) is 18.6. The number of rotatable bonds is 23. The van der Waals surface area contributed by atoms with Gasteiger partial charge in [0.1, 0.15) is 12.2 Å². The highest BCUT2D eigenvalue weighted by Crippen LogP contribution is 2.24. The highest BCUT2D eigenvalue weighted by Gasteiger charge is 2.25. The summed E-state index contributed by atoms with van der Waals surface area (Å²) in [6, 6.07) is 33.1. The zero-order valence-corrected chi connectivity index (χ0v) is 44.8. The summed E-state index contributed by atoms with van der Waals surface area (Å²) in [6.07, 6.45) is -1.02. The average Bonchev–Trinajstić information content (AvgIpc) is 3.48. The van der Waals surface area contributed by atoms with Crippen LogP contribution in [-0.2, 0) is 28.5 Å². The van der Waals surface area contributed by atoms with Crippen LogP contribution in [0.25, 0.3) is 0 Å². The minimum atomic E-state index is -0.944. The van der Waals surface area contributed by atoms with Crippen LogP contribution in [0, 0.1) is 6.92 Å². The Bertz CT molecular complexity index is 3400. The smallest absolute Gasteiger partial charge is 0.338 e. The molecule has 0 aromatic heterocycles. The van der Waals surface area contributed by atoms with Gasteiger partial charge in [-0.15, -0.1) is 0 Å². The molecule has 0 saturated heterocycles. The van der Waals surface area contributed by atoms with E-state index in [2.05, 4.69) is 34.4 Å². The van der Waals surface area contributed by atoms with Crippen molar-refractivity contribution in [3.05, 3.63) is 219 Å². The number of amides is 4. The zero-order valence-electron chi connectivity index (χ0n) is 44.8. The van der Waals surface area contributed by atoms with Gasteiger partial charge in [-0.2, -0.15) is 0 Å². The van der Waals surface area contributed by atoms with Gasteiger partial charge < -0.3 is 40.2 Å². The van der Waals surface area contributed by atoms with Gasteiger partial charge in [-0.1, -0.05) is 43.0 Å². The number of nitrogens with one attached hydrogen (secondary N) is 4. The lowest BCUT2D eigenvalue weighted by Crippen LogP contribution is -2.23. The lowest BCUT2D eigenvalue weighted by molar-refractivity contribution is -0.144. The van der Waals surface area contributed by atoms with Crippen molar-refractivity contribution < 1.29 is 66.9 Å². The van der Waals surface area contributed by atoms with Crippen molar-refractivity contribution in [2.45, 2.75) is 59.7 Å². The van der Waals surface area contributed by atoms with Crippen molar-refractivity contribution in [2.75, 3.05) is 36.2 Å². The van der Waals surface area contributed by atoms with E-state index < -0.39 is 59.6 Å². The fraction of sp³-hybridized carbons (Fsp3) is 0.194. The van der Waals surface area contributed by atoms with Crippen LogP contribution in [0.5, 0.6) is 0 Å². The van der Waals surface area contributed by atoms with Crippen LogP contribution >= 0.6 is 0 Å². The van der Waals surface area contributed by atoms with Crippen LogP contribution < -0.4 is 21.3 Å². The molecule has 0 spiro atoms. The number of ether oxygens (including phenoxy) is 4. The van der Waals surface area contributed by atoms with Crippen molar-refractivity contribution in [1.29, 1.82) is 0 Å². The normalized spacial score (nSPS) is 11.3. The third-order valence-corrected chi connectivity index (χ3v) is 12.1. The summed E-state index contributed by atoms with van der Waals surface area (Å²) in [5.74, 6) is -6.39. The van der Waals surface area contributed by atoms with E-state index in [4.69, 9.17) is 18.9 Å². The molecule has 0 aliphatic carbocycles. The van der Waals surface area contributed by atoms with Crippen LogP contribution in [0.3, 0.4) is 0 Å². The predicted molar refractivity (Wildman–Crippen MR) is 298 cm³/mol. The molecule has 0 aliphatic rings. The monoisotopic (exact) mass is 1080 g/mol. The fourth-order valence-electron chi connectivity index (χ4n) is 7.47. The molecule has 0 heterocycles. The first-order valence-electron chi connectivity index (χ1n) is 25.1. The summed E-state index contributed by atoms with van der Waals surface area (Å²) in [7, 11) is 1.33. The standard InChI is InChI=1S/C62H58N4O14/c1-35(2)59(73)79-38(6)29-31-77-61(75)49-27-19-44(33-51(49)57(71)63-8)54(68)45-20-28-50(62(76)78-32-30-39(7)80-60(74)36(3)4)52(34-45)58(72)66-48-25-17-43(18-26-48)56(70)65-47-23-15-41(16-24-47)53(67)40-13-21-46(22-14-40)64-55(69)42-11-9-37(5)10-12-42/h9-28,33-34,38-39H,1,3,29-32H2,2,4-8H3,(H,63,71)(H,64,69)(H,65,70)(H,66,72). The van der Waals surface area contributed by atoms with Crippen molar-refractivity contribution in [1.82, 2.24) is 5.32 Å². The van der Waals surface area contributed by atoms with E-state index in [-0.39, 0.29) is 93.5 Å². The number of anilines is 3. The van der Waals surface area contributed by atoms with Gasteiger partial charge in [0.2, 0.25) is 0 Å². The maximum Gasteiger partial charge on any atom is 0.338 e. The van der Waals surface area contributed by atoms with Crippen LogP contribution in [0.1, 0.15) is 140 Å². The van der Waals surface area contributed by atoms with Gasteiger partial charge in [0, 0.05) is 81.5 Å². The Morgan fingerprint density at radius 1 is 0.425 bits per heavy atom. The van der Waals surface area contributed by atoms with E-state index in [1.807, 2.05) is 19.1 Å². The Kier molecular flexibility index (Phi) is 20.2. The summed E-state index contributed by atoms with van der Waals surface area (Å²) in [5, 5.41) is 10.7. The van der Waals surface area contributed by atoms with Crippen LogP contribution in [0.2, 0.25) is 0 Å². The van der Waals surface area contributed by atoms with Gasteiger partial charge in [0.05, 0.1) is 35.5 Å². The third kappa shape index (κ3) is 16.0. The maximum absolute atomic E-state index is 14.1. The van der Waals surface area contributed by atoms with Gasteiger partial charge in [0.25, 0.3) is 23.6 Å². The molecular weight excluding hydrogens is 1020 g/mol. The second-order valence-corrected chi connectivity index (χ2v) is 18.6. The Morgan fingerprint density at radius 3 is 1.12 bits per heavy atom. The summed E-state index contributed by atoms with van der Waals surface area (Å²) in [5.41, 5.74) is 2.91. The summed E-state index contributed by atoms with van der Waals surface area (Å²) in [4.78, 5) is 131. The number of ketones is 2. The van der Waals surface area contributed by atoms with Gasteiger partial charge in [-0.3, -0.25) is 28.8 Å². The van der Waals surface area contributed by atoms with Gasteiger partial charge in [-0.25, -0.2) is 19.2 Å². The van der Waals surface area contributed by atoms with Gasteiger partial charge in [-0.05, 0) is 144 Å². The molecule has 80 heavy (non-hydrogen) atoms. The topological polar surface area (TPSA) is 256 Å². The number of hydrogen-bond donors (Lipinski definition) is 4. The minimum Gasteiger partial charge on any atom is -0.462 e. The lowest BCUT2D eigenvalue weighted by Gasteiger charge is -2.15. The Morgan fingerprint density at radius 2 is 0.750 bits per heavy atom. The number of aryl methyl sites for hydroxylation is 1. The van der Waals surface area contributed by atoms with Crippen LogP contribution in [0.15, 0.2) is 158 Å². The molecule has 6 aromatic carbocycles. The maximum atomic E-state index is 14.1. The molecule has 410 valence electrons. The molecule has 4 N–H and O–H groups in total. The molecule has 6 aromatic rings. The van der Waals surface area contributed by atoms with E-state index >= 15 is 0 Å². The molecule has 2 atom stereocenters. The number of esters is 4. The molecule has 4 amide bonds. The van der Waals surface area contributed by atoms with E-state index in [9.17, 15) is 47.9 Å². The lowest BCUT2D eigenvalue weighted by atomic mass is 9.95. The molecule has 6 rings (SSSR count). The van der Waals surface area contributed by atoms with Crippen LogP contribution in [-0.4, -0.2) is 91.5 Å². The minimum absolute atomic E-state index is 0.0664. The highest BCUT2D eigenvalue weighted by atomic mass is 16.6. The Hall–Kier alpha value is -10.1. The molecular formula is C62H58N4O14. The molecule has 18 heteroatoms. The third-order valence-electron chi connectivity index (χ3n) is 12.1. The molecule has 0 bridgehead atoms. The van der Waals surface area contributed by atoms with Crippen molar-refractivity contribution in [2.24, 2.45) is 0 Å². The quantitative estimate of drug-likeness (QED) is 0.0202. The molecule has 0 radical (unpaired) electrons. The second kappa shape index (κ2) is 27.3. The first-order valence-corrected chi connectivity index (χ1v) is 25.1. The van der Waals surface area contributed by atoms with Crippen molar-refractivity contribution >= 4 is 76.1 Å². The molecule has 0 aliphatic heterocycles. The Labute approximate surface area is 461 Å².